The number of halogens is 3. The van der Waals surface area contributed by atoms with Crippen molar-refractivity contribution in [3.05, 3.63) is 23.4 Å². The van der Waals surface area contributed by atoms with Crippen LogP contribution in [0.15, 0.2) is 17.4 Å². The second kappa shape index (κ2) is 6.58. The number of hydrazone groups is 1. The van der Waals surface area contributed by atoms with Crippen molar-refractivity contribution in [2.24, 2.45) is 11.0 Å². The van der Waals surface area contributed by atoms with Crippen molar-refractivity contribution in [2.75, 3.05) is 24.6 Å². The fourth-order valence-corrected chi connectivity index (χ4v) is 2.71. The number of piperidine rings is 1. The molecule has 1 saturated heterocycles. The maximum atomic E-state index is 13.5. The Kier molecular flexibility index (Phi) is 4.48. The summed E-state index contributed by atoms with van der Waals surface area (Å²) in [4.78, 5) is 16.5. The molecule has 25 heavy (non-hydrogen) atoms. The maximum absolute atomic E-state index is 13.5. The highest BCUT2D eigenvalue weighted by Gasteiger charge is 2.37. The van der Waals surface area contributed by atoms with Crippen molar-refractivity contribution in [1.82, 2.24) is 10.4 Å². The normalized spacial score (nSPS) is 18.9. The van der Waals surface area contributed by atoms with Crippen LogP contribution in [0.1, 0.15) is 24.0 Å². The first-order chi connectivity index (χ1) is 11.9. The van der Waals surface area contributed by atoms with Gasteiger partial charge in [-0.15, -0.1) is 5.10 Å². The summed E-state index contributed by atoms with van der Waals surface area (Å²) >= 11 is 0. The van der Waals surface area contributed by atoms with Crippen molar-refractivity contribution in [3.63, 3.8) is 0 Å². The molecule has 2 aliphatic rings. The molecule has 0 aliphatic carbocycles. The Morgan fingerprint density at radius 2 is 2.08 bits per heavy atom. The van der Waals surface area contributed by atoms with Gasteiger partial charge >= 0.3 is 6.18 Å². The van der Waals surface area contributed by atoms with Crippen LogP contribution in [0.3, 0.4) is 0 Å². The minimum absolute atomic E-state index is 0.0305. The van der Waals surface area contributed by atoms with E-state index in [1.54, 1.807) is 0 Å². The molecule has 0 radical (unpaired) electrons. The first-order valence-corrected chi connectivity index (χ1v) is 7.60. The molecule has 3 rings (SSSR count). The van der Waals surface area contributed by atoms with Crippen LogP contribution in [0.4, 0.5) is 19.0 Å². The van der Waals surface area contributed by atoms with Crippen molar-refractivity contribution >= 4 is 17.6 Å². The van der Waals surface area contributed by atoms with Crippen molar-refractivity contribution in [2.45, 2.75) is 19.0 Å². The Labute approximate surface area is 141 Å². The van der Waals surface area contributed by atoms with E-state index in [2.05, 4.69) is 21.6 Å². The third kappa shape index (κ3) is 3.65. The molecule has 2 aliphatic heterocycles. The maximum Gasteiger partial charge on any atom is 0.419 e. The van der Waals surface area contributed by atoms with E-state index in [0.717, 1.165) is 6.07 Å². The Morgan fingerprint density at radius 3 is 2.64 bits per heavy atom. The van der Waals surface area contributed by atoms with E-state index < -0.39 is 17.6 Å². The molecule has 1 aromatic rings. The fraction of sp³-hybridized carbons (Fsp3) is 0.467. The molecule has 0 spiro atoms. The second-order valence-electron chi connectivity index (χ2n) is 5.72. The summed E-state index contributed by atoms with van der Waals surface area (Å²) in [7, 11) is 0. The topological polar surface area (TPSA) is 90.6 Å². The standard InChI is InChI=1S/C15H14F3N5O2/c16-15(17,18)11-5-10(14-22-21-12(24)8-25-14)7-20-13(11)23-3-1-9(6-19)2-4-23/h5,7,9H,1-4,8H2,(H,21,24). The van der Waals surface area contributed by atoms with E-state index in [0.29, 0.717) is 25.9 Å². The number of aromatic nitrogens is 1. The molecule has 0 unspecified atom stereocenters. The number of rotatable bonds is 2. The van der Waals surface area contributed by atoms with E-state index >= 15 is 0 Å². The van der Waals surface area contributed by atoms with Crippen LogP contribution in [0.5, 0.6) is 0 Å². The molecule has 3 heterocycles. The summed E-state index contributed by atoms with van der Waals surface area (Å²) in [5.41, 5.74) is 1.28. The lowest BCUT2D eigenvalue weighted by Gasteiger charge is -2.32. The molecule has 0 atom stereocenters. The molecule has 0 aromatic carbocycles. The number of nitrogens with zero attached hydrogens (tertiary/aromatic N) is 4. The number of amides is 1. The molecular weight excluding hydrogens is 339 g/mol. The van der Waals surface area contributed by atoms with Gasteiger partial charge in [-0.3, -0.25) is 4.79 Å². The predicted molar refractivity (Wildman–Crippen MR) is 80.4 cm³/mol. The van der Waals surface area contributed by atoms with E-state index in [-0.39, 0.29) is 29.8 Å². The van der Waals surface area contributed by atoms with Crippen LogP contribution in [0.2, 0.25) is 0 Å². The molecular formula is C15H14F3N5O2. The molecule has 1 N–H and O–H groups in total. The minimum atomic E-state index is -4.61. The van der Waals surface area contributed by atoms with Gasteiger partial charge in [0.25, 0.3) is 5.91 Å². The number of ether oxygens (including phenoxy) is 1. The zero-order valence-electron chi connectivity index (χ0n) is 13.0. The number of carbonyl (C=O) groups excluding carboxylic acids is 1. The molecule has 7 nitrogen and oxygen atoms in total. The third-order valence-corrected chi connectivity index (χ3v) is 4.02. The summed E-state index contributed by atoms with van der Waals surface area (Å²) < 4.78 is 45.5. The van der Waals surface area contributed by atoms with Gasteiger partial charge in [-0.2, -0.15) is 18.4 Å². The highest BCUT2D eigenvalue weighted by Crippen LogP contribution is 2.37. The Balaban J connectivity index is 1.92. The van der Waals surface area contributed by atoms with Crippen LogP contribution >= 0.6 is 0 Å². The number of nitrogens with one attached hydrogen (secondary N) is 1. The second-order valence-corrected chi connectivity index (χ2v) is 5.72. The average molecular weight is 353 g/mol. The first-order valence-electron chi connectivity index (χ1n) is 7.60. The van der Waals surface area contributed by atoms with Gasteiger partial charge in [0.1, 0.15) is 5.82 Å². The summed E-state index contributed by atoms with van der Waals surface area (Å²) in [6.45, 7) is 0.353. The van der Waals surface area contributed by atoms with Gasteiger partial charge in [0.2, 0.25) is 5.90 Å². The summed E-state index contributed by atoms with van der Waals surface area (Å²) in [5.74, 6) is -0.913. The summed E-state index contributed by atoms with van der Waals surface area (Å²) in [6.07, 6.45) is -2.38. The van der Waals surface area contributed by atoms with E-state index in [1.807, 2.05) is 0 Å². The molecule has 10 heteroatoms. The van der Waals surface area contributed by atoms with Crippen LogP contribution in [0.25, 0.3) is 0 Å². The van der Waals surface area contributed by atoms with Gasteiger partial charge in [-0.1, -0.05) is 0 Å². The number of pyridine rings is 1. The molecule has 0 saturated carbocycles. The molecule has 0 bridgehead atoms. The van der Waals surface area contributed by atoms with E-state index in [9.17, 15) is 18.0 Å². The average Bonchev–Trinajstić information content (AvgIpc) is 2.61. The smallest absolute Gasteiger partial charge is 0.419 e. The lowest BCUT2D eigenvalue weighted by atomic mass is 9.98. The fourth-order valence-electron chi connectivity index (χ4n) is 2.71. The van der Waals surface area contributed by atoms with Gasteiger partial charge in [-0.05, 0) is 18.9 Å². The van der Waals surface area contributed by atoms with E-state index in [4.69, 9.17) is 10.00 Å². The highest BCUT2D eigenvalue weighted by atomic mass is 19.4. The monoisotopic (exact) mass is 353 g/mol. The van der Waals surface area contributed by atoms with Gasteiger partial charge < -0.3 is 9.64 Å². The third-order valence-electron chi connectivity index (χ3n) is 4.02. The number of nitriles is 1. The van der Waals surface area contributed by atoms with Gasteiger partial charge in [0, 0.05) is 25.2 Å². The highest BCUT2D eigenvalue weighted by molar-refractivity contribution is 5.98. The number of hydrogen-bond donors (Lipinski definition) is 1. The molecule has 132 valence electrons. The number of carbonyl (C=O) groups is 1. The Bertz CT molecular complexity index is 749. The summed E-state index contributed by atoms with van der Waals surface area (Å²) in [5, 5.41) is 12.5. The Hall–Kier alpha value is -2.83. The first kappa shape index (κ1) is 17.0. The minimum Gasteiger partial charge on any atom is -0.466 e. The Morgan fingerprint density at radius 1 is 1.36 bits per heavy atom. The lowest BCUT2D eigenvalue weighted by molar-refractivity contribution is -0.137. The van der Waals surface area contributed by atoms with Crippen molar-refractivity contribution in [1.29, 1.82) is 5.26 Å². The number of alkyl halides is 3. The molecule has 1 fully saturated rings. The number of hydrogen-bond acceptors (Lipinski definition) is 6. The SMILES string of the molecule is N#CC1CCN(c2ncc(C3=NNC(=O)CO3)cc2C(F)(F)F)CC1. The van der Waals surface area contributed by atoms with Crippen molar-refractivity contribution < 1.29 is 22.7 Å². The summed E-state index contributed by atoms with van der Waals surface area (Å²) in [6, 6.07) is 3.05. The van der Waals surface area contributed by atoms with Gasteiger partial charge in [0.15, 0.2) is 6.61 Å². The molecule has 1 amide bonds. The zero-order chi connectivity index (χ0) is 18.0. The zero-order valence-corrected chi connectivity index (χ0v) is 13.0. The van der Waals surface area contributed by atoms with Gasteiger partial charge in [0.05, 0.1) is 17.2 Å². The van der Waals surface area contributed by atoms with Crippen LogP contribution in [-0.2, 0) is 15.7 Å². The predicted octanol–water partition coefficient (Wildman–Crippen LogP) is 1.65. The lowest BCUT2D eigenvalue weighted by Crippen LogP contribution is -2.36. The van der Waals surface area contributed by atoms with E-state index in [1.165, 1.54) is 11.1 Å². The molecule has 1 aromatic heterocycles. The van der Waals surface area contributed by atoms with Crippen molar-refractivity contribution in [3.8, 4) is 6.07 Å². The van der Waals surface area contributed by atoms with Crippen LogP contribution in [-0.4, -0.2) is 36.5 Å². The van der Waals surface area contributed by atoms with Crippen LogP contribution in [0, 0.1) is 17.2 Å². The largest absolute Gasteiger partial charge is 0.466 e. The van der Waals surface area contributed by atoms with Gasteiger partial charge in [-0.25, -0.2) is 10.4 Å². The van der Waals surface area contributed by atoms with Crippen LogP contribution < -0.4 is 10.3 Å². The quantitative estimate of drug-likeness (QED) is 0.873. The number of anilines is 1.